The van der Waals surface area contributed by atoms with Crippen molar-refractivity contribution < 1.29 is 19.7 Å². The van der Waals surface area contributed by atoms with Gasteiger partial charge in [-0.15, -0.1) is 0 Å². The fraction of sp³-hybridized carbons (Fsp3) is 0.613. The summed E-state index contributed by atoms with van der Waals surface area (Å²) >= 11 is 0. The number of benzene rings is 2. The molecule has 35 heavy (non-hydrogen) atoms. The van der Waals surface area contributed by atoms with E-state index in [1.54, 1.807) is 0 Å². The molecule has 0 bridgehead atoms. The summed E-state index contributed by atoms with van der Waals surface area (Å²) in [5.41, 5.74) is 7.29. The van der Waals surface area contributed by atoms with E-state index in [4.69, 9.17) is 9.47 Å². The van der Waals surface area contributed by atoms with Gasteiger partial charge in [-0.25, -0.2) is 0 Å². The maximum Gasteiger partial charge on any atom is 0.125 e. The molecule has 0 atom stereocenters. The zero-order valence-electron chi connectivity index (χ0n) is 23.3. The van der Waals surface area contributed by atoms with Crippen LogP contribution in [0.1, 0.15) is 88.8 Å². The second-order valence-electron chi connectivity index (χ2n) is 9.98. The van der Waals surface area contributed by atoms with Gasteiger partial charge in [-0.05, 0) is 70.9 Å². The van der Waals surface area contributed by atoms with Gasteiger partial charge in [0.15, 0.2) is 0 Å². The molecule has 2 N–H and O–H groups in total. The second kappa shape index (κ2) is 13.3. The van der Waals surface area contributed by atoms with Gasteiger partial charge in [0.05, 0.1) is 13.2 Å². The molecule has 0 amide bonds. The Morgan fingerprint density at radius 2 is 0.886 bits per heavy atom. The Morgan fingerprint density at radius 1 is 0.600 bits per heavy atom. The summed E-state index contributed by atoms with van der Waals surface area (Å²) in [7, 11) is 0. The van der Waals surface area contributed by atoms with Crippen molar-refractivity contribution in [2.45, 2.75) is 86.5 Å². The summed E-state index contributed by atoms with van der Waals surface area (Å²) < 4.78 is 12.1. The summed E-state index contributed by atoms with van der Waals surface area (Å²) in [5.74, 6) is 2.59. The van der Waals surface area contributed by atoms with Crippen LogP contribution in [0.25, 0.3) is 0 Å². The van der Waals surface area contributed by atoms with E-state index >= 15 is 0 Å². The molecule has 0 unspecified atom stereocenters. The highest BCUT2D eigenvalue weighted by atomic mass is 16.5. The number of aryl methyl sites for hydroxylation is 4. The maximum absolute atomic E-state index is 9.36. The highest BCUT2D eigenvalue weighted by Gasteiger charge is 2.42. The van der Waals surface area contributed by atoms with Crippen molar-refractivity contribution >= 4 is 0 Å². The Balaban J connectivity index is 2.89. The lowest BCUT2D eigenvalue weighted by molar-refractivity contribution is 0.198. The third-order valence-corrected chi connectivity index (χ3v) is 7.46. The zero-order chi connectivity index (χ0) is 26.2. The highest BCUT2D eigenvalue weighted by Crippen LogP contribution is 2.49. The topological polar surface area (TPSA) is 58.9 Å². The molecule has 0 saturated carbocycles. The van der Waals surface area contributed by atoms with E-state index < -0.39 is 0 Å². The van der Waals surface area contributed by atoms with Gasteiger partial charge >= 0.3 is 0 Å². The normalized spacial score (nSPS) is 12.0. The molecular formula is C31H48O4. The Bertz CT molecular complexity index is 817. The third-order valence-electron chi connectivity index (χ3n) is 7.46. The molecule has 0 fully saturated rings. The van der Waals surface area contributed by atoms with Crippen molar-refractivity contribution in [1.82, 2.24) is 0 Å². The molecule has 2 rings (SSSR count). The number of ether oxygens (including phenoxy) is 2. The summed E-state index contributed by atoms with van der Waals surface area (Å²) in [4.78, 5) is 0. The SMILES string of the molecule is CCc1cc(C(c2cc(CC)c(OCCO)c(CC)c2)(C(C)C)C(C)C)cc(CC)c1OCCO. The molecule has 0 aromatic heterocycles. The highest BCUT2D eigenvalue weighted by molar-refractivity contribution is 5.54. The largest absolute Gasteiger partial charge is 0.491 e. The van der Waals surface area contributed by atoms with Crippen LogP contribution >= 0.6 is 0 Å². The minimum absolute atomic E-state index is 0.0142. The van der Waals surface area contributed by atoms with Crippen LogP contribution in [0, 0.1) is 11.8 Å². The standard InChI is InChI=1S/C31H48O4/c1-9-23-17-27(18-24(10-2)29(23)34-15-13-32)31(21(5)6,22(7)8)28-19-25(11-3)30(35-16-14-33)26(12-4)20-28/h17-22,32-33H,9-16H2,1-8H3. The van der Waals surface area contributed by atoms with Gasteiger partial charge in [0.1, 0.15) is 24.7 Å². The van der Waals surface area contributed by atoms with Crippen molar-refractivity contribution in [3.8, 4) is 11.5 Å². The second-order valence-corrected chi connectivity index (χ2v) is 9.98. The Kier molecular flexibility index (Phi) is 11.1. The first-order chi connectivity index (χ1) is 16.8. The molecule has 0 aliphatic heterocycles. The molecular weight excluding hydrogens is 436 g/mol. The molecule has 0 saturated heterocycles. The molecule has 0 heterocycles. The van der Waals surface area contributed by atoms with Crippen LogP contribution in [0.15, 0.2) is 24.3 Å². The minimum Gasteiger partial charge on any atom is -0.491 e. The molecule has 4 nitrogen and oxygen atoms in total. The summed E-state index contributed by atoms with van der Waals surface area (Å²) in [6.07, 6.45) is 3.51. The lowest BCUT2D eigenvalue weighted by Crippen LogP contribution is -2.39. The van der Waals surface area contributed by atoms with Gasteiger partial charge in [0, 0.05) is 5.41 Å². The summed E-state index contributed by atoms with van der Waals surface area (Å²) in [5, 5.41) is 18.7. The van der Waals surface area contributed by atoms with E-state index in [0.717, 1.165) is 37.2 Å². The molecule has 2 aromatic carbocycles. The Morgan fingerprint density at radius 3 is 1.09 bits per heavy atom. The van der Waals surface area contributed by atoms with Crippen LogP contribution in [-0.2, 0) is 31.1 Å². The zero-order valence-corrected chi connectivity index (χ0v) is 23.3. The predicted molar refractivity (Wildman–Crippen MR) is 146 cm³/mol. The first-order valence-corrected chi connectivity index (χ1v) is 13.6. The van der Waals surface area contributed by atoms with Crippen molar-refractivity contribution in [3.63, 3.8) is 0 Å². The maximum atomic E-state index is 9.36. The van der Waals surface area contributed by atoms with E-state index in [1.165, 1.54) is 33.4 Å². The van der Waals surface area contributed by atoms with Crippen molar-refractivity contribution in [3.05, 3.63) is 57.6 Å². The van der Waals surface area contributed by atoms with Gasteiger partial charge in [0.25, 0.3) is 0 Å². The van der Waals surface area contributed by atoms with Crippen LogP contribution in [0.2, 0.25) is 0 Å². The molecule has 2 aromatic rings. The minimum atomic E-state index is -0.188. The van der Waals surface area contributed by atoms with Gasteiger partial charge in [-0.2, -0.15) is 0 Å². The average molecular weight is 485 g/mol. The predicted octanol–water partition coefficient (Wildman–Crippen LogP) is 6.28. The van der Waals surface area contributed by atoms with Gasteiger partial charge in [0.2, 0.25) is 0 Å². The molecule has 0 aliphatic rings. The monoisotopic (exact) mass is 484 g/mol. The molecule has 0 aliphatic carbocycles. The lowest BCUT2D eigenvalue weighted by atomic mass is 9.59. The number of hydrogen-bond donors (Lipinski definition) is 2. The van der Waals surface area contributed by atoms with Gasteiger partial charge in [-0.3, -0.25) is 0 Å². The molecule has 0 radical (unpaired) electrons. The number of aliphatic hydroxyl groups is 2. The molecule has 196 valence electrons. The van der Waals surface area contributed by atoms with Gasteiger partial charge in [-0.1, -0.05) is 79.7 Å². The van der Waals surface area contributed by atoms with E-state index in [1.807, 2.05) is 0 Å². The fourth-order valence-corrected chi connectivity index (χ4v) is 5.87. The van der Waals surface area contributed by atoms with E-state index in [9.17, 15) is 10.2 Å². The first kappa shape index (κ1) is 29.2. The fourth-order valence-electron chi connectivity index (χ4n) is 5.87. The Labute approximate surface area is 213 Å². The third kappa shape index (κ3) is 5.86. The first-order valence-electron chi connectivity index (χ1n) is 13.6. The average Bonchev–Trinajstić information content (AvgIpc) is 2.85. The van der Waals surface area contributed by atoms with E-state index in [-0.39, 0.29) is 18.6 Å². The van der Waals surface area contributed by atoms with Crippen LogP contribution in [-0.4, -0.2) is 36.6 Å². The van der Waals surface area contributed by atoms with E-state index in [2.05, 4.69) is 79.7 Å². The van der Waals surface area contributed by atoms with Crippen molar-refractivity contribution in [2.75, 3.05) is 26.4 Å². The summed E-state index contributed by atoms with van der Waals surface area (Å²) in [6, 6.07) is 9.39. The Hall–Kier alpha value is -2.04. The van der Waals surface area contributed by atoms with Crippen LogP contribution in [0.4, 0.5) is 0 Å². The summed E-state index contributed by atoms with van der Waals surface area (Å²) in [6.45, 7) is 18.7. The van der Waals surface area contributed by atoms with Crippen LogP contribution < -0.4 is 9.47 Å². The number of rotatable bonds is 14. The molecule has 4 heteroatoms. The van der Waals surface area contributed by atoms with E-state index in [0.29, 0.717) is 25.0 Å². The number of aliphatic hydroxyl groups excluding tert-OH is 2. The van der Waals surface area contributed by atoms with Crippen LogP contribution in [0.5, 0.6) is 11.5 Å². The van der Waals surface area contributed by atoms with Crippen molar-refractivity contribution in [2.24, 2.45) is 11.8 Å². The van der Waals surface area contributed by atoms with Crippen molar-refractivity contribution in [1.29, 1.82) is 0 Å². The lowest BCUT2D eigenvalue weighted by Gasteiger charge is -2.44. The number of hydrogen-bond acceptors (Lipinski definition) is 4. The van der Waals surface area contributed by atoms with Gasteiger partial charge < -0.3 is 19.7 Å². The smallest absolute Gasteiger partial charge is 0.125 e. The quantitative estimate of drug-likeness (QED) is 0.331. The molecule has 0 spiro atoms. The van der Waals surface area contributed by atoms with Crippen LogP contribution in [0.3, 0.4) is 0 Å².